The molecule has 0 saturated carbocycles. The molecule has 0 amide bonds. The zero-order valence-electron chi connectivity index (χ0n) is 22.0. The lowest BCUT2D eigenvalue weighted by Gasteiger charge is -2.32. The van der Waals surface area contributed by atoms with Crippen molar-refractivity contribution < 1.29 is 24.2 Å². The van der Waals surface area contributed by atoms with Gasteiger partial charge in [0.05, 0.1) is 4.92 Å². The molecule has 1 aliphatic rings. The monoisotopic (exact) mass is 507 g/mol. The number of hydrogen-bond donors (Lipinski definition) is 0. The fraction of sp³-hybridized carbons (Fsp3) is 0.429. The number of benzene rings is 2. The van der Waals surface area contributed by atoms with Crippen LogP contribution in [0, 0.1) is 10.1 Å². The van der Waals surface area contributed by atoms with Crippen LogP contribution in [-0.2, 0) is 24.7 Å². The van der Waals surface area contributed by atoms with Gasteiger partial charge in [-0.05, 0) is 54.2 Å². The van der Waals surface area contributed by atoms with Gasteiger partial charge in [0.25, 0.3) is 5.69 Å². The van der Waals surface area contributed by atoms with Gasteiger partial charge in [0, 0.05) is 37.0 Å². The predicted octanol–water partition coefficient (Wildman–Crippen LogP) is 6.45. The fourth-order valence-corrected chi connectivity index (χ4v) is 4.98. The molecule has 0 atom stereocenters. The second kappa shape index (κ2) is 11.9. The predicted molar refractivity (Wildman–Crippen MR) is 142 cm³/mol. The van der Waals surface area contributed by atoms with Crippen molar-refractivity contribution in [1.82, 2.24) is 0 Å². The summed E-state index contributed by atoms with van der Waals surface area (Å²) in [6.45, 7) is 8.35. The average Bonchev–Trinajstić information content (AvgIpc) is 3.13. The lowest BCUT2D eigenvalue weighted by atomic mass is 9.70. The Balaban J connectivity index is 2.26. The Kier molecular flexibility index (Phi) is 8.91. The Morgan fingerprint density at radius 1 is 0.865 bits per heavy atom. The summed E-state index contributed by atoms with van der Waals surface area (Å²) in [6.07, 6.45) is 5.56. The molecule has 37 heavy (non-hydrogen) atoms. The first-order chi connectivity index (χ1) is 17.6. The average molecular weight is 508 g/mol. The summed E-state index contributed by atoms with van der Waals surface area (Å²) in [4.78, 5) is 43.9. The molecule has 1 aliphatic carbocycles. The lowest BCUT2D eigenvalue weighted by Crippen LogP contribution is -2.26. The van der Waals surface area contributed by atoms with E-state index in [4.69, 9.17) is 9.68 Å². The third-order valence-electron chi connectivity index (χ3n) is 6.66. The van der Waals surface area contributed by atoms with E-state index in [2.05, 4.69) is 24.2 Å². The molecule has 0 saturated heterocycles. The number of fused-ring (bicyclic) bond motifs is 3. The molecule has 0 N–H and O–H groups in total. The van der Waals surface area contributed by atoms with E-state index in [9.17, 15) is 19.7 Å². The molecule has 2 aromatic carbocycles. The molecule has 9 heteroatoms. The molecule has 196 valence electrons. The van der Waals surface area contributed by atoms with Crippen LogP contribution in [0.4, 0.5) is 5.69 Å². The highest BCUT2D eigenvalue weighted by molar-refractivity contribution is 6.47. The topological polar surface area (TPSA) is 120 Å². The van der Waals surface area contributed by atoms with Crippen LogP contribution in [0.1, 0.15) is 89.8 Å². The number of oxime groups is 2. The van der Waals surface area contributed by atoms with Gasteiger partial charge < -0.3 is 9.68 Å². The molecule has 0 heterocycles. The van der Waals surface area contributed by atoms with Crippen LogP contribution in [0.15, 0.2) is 46.7 Å². The van der Waals surface area contributed by atoms with Crippen LogP contribution in [0.25, 0.3) is 11.1 Å². The number of nitrogens with zero attached hydrogens (tertiary/aromatic N) is 3. The molecule has 0 spiro atoms. The minimum absolute atomic E-state index is 0.0746. The van der Waals surface area contributed by atoms with Crippen molar-refractivity contribution in [3.63, 3.8) is 0 Å². The number of carbonyl (C=O) groups is 2. The van der Waals surface area contributed by atoms with Gasteiger partial charge >= 0.3 is 11.9 Å². The van der Waals surface area contributed by atoms with Gasteiger partial charge in [-0.2, -0.15) is 0 Å². The van der Waals surface area contributed by atoms with E-state index in [0.717, 1.165) is 60.8 Å². The third kappa shape index (κ3) is 5.93. The van der Waals surface area contributed by atoms with Crippen molar-refractivity contribution >= 4 is 29.0 Å². The van der Waals surface area contributed by atoms with E-state index in [0.29, 0.717) is 5.56 Å². The summed E-state index contributed by atoms with van der Waals surface area (Å²) in [5.74, 6) is -1.19. The van der Waals surface area contributed by atoms with E-state index in [1.807, 2.05) is 24.3 Å². The summed E-state index contributed by atoms with van der Waals surface area (Å²) in [5, 5.41) is 19.5. The van der Waals surface area contributed by atoms with E-state index in [-0.39, 0.29) is 22.0 Å². The van der Waals surface area contributed by atoms with Crippen molar-refractivity contribution in [2.75, 3.05) is 0 Å². The molecular weight excluding hydrogens is 474 g/mol. The number of carbonyl (C=O) groups excluding carboxylic acids is 2. The highest BCUT2D eigenvalue weighted by atomic mass is 16.7. The van der Waals surface area contributed by atoms with Gasteiger partial charge in [0.15, 0.2) is 0 Å². The first-order valence-electron chi connectivity index (χ1n) is 12.6. The molecule has 0 aromatic heterocycles. The zero-order chi connectivity index (χ0) is 27.2. The van der Waals surface area contributed by atoms with Gasteiger partial charge in [0.1, 0.15) is 11.4 Å². The Morgan fingerprint density at radius 3 is 1.95 bits per heavy atom. The van der Waals surface area contributed by atoms with Gasteiger partial charge in [-0.25, -0.2) is 9.59 Å². The maximum atomic E-state index is 11.7. The number of nitro groups is 1. The second-order valence-electron chi connectivity index (χ2n) is 9.32. The largest absolute Gasteiger partial charge is 0.332 e. The van der Waals surface area contributed by atoms with Gasteiger partial charge in [-0.1, -0.05) is 62.0 Å². The fourth-order valence-electron chi connectivity index (χ4n) is 4.98. The summed E-state index contributed by atoms with van der Waals surface area (Å²) in [7, 11) is 0. The highest BCUT2D eigenvalue weighted by Crippen LogP contribution is 2.55. The Morgan fingerprint density at radius 2 is 1.41 bits per heavy atom. The van der Waals surface area contributed by atoms with E-state index in [1.165, 1.54) is 13.8 Å². The minimum atomic E-state index is -0.598. The summed E-state index contributed by atoms with van der Waals surface area (Å²) >= 11 is 0. The molecule has 9 nitrogen and oxygen atoms in total. The number of unbranched alkanes of at least 4 members (excludes halogenated alkanes) is 2. The zero-order valence-corrected chi connectivity index (χ0v) is 22.0. The number of non-ortho nitro benzene ring substituents is 1. The number of nitro benzene ring substituents is 1. The summed E-state index contributed by atoms with van der Waals surface area (Å²) in [5.41, 5.74) is 4.84. The van der Waals surface area contributed by atoms with E-state index < -0.39 is 17.4 Å². The van der Waals surface area contributed by atoms with E-state index >= 15 is 0 Å². The quantitative estimate of drug-likeness (QED) is 0.149. The van der Waals surface area contributed by atoms with Crippen molar-refractivity contribution in [2.45, 2.75) is 78.6 Å². The maximum Gasteiger partial charge on any atom is 0.332 e. The van der Waals surface area contributed by atoms with Crippen molar-refractivity contribution in [1.29, 1.82) is 0 Å². The molecule has 3 rings (SSSR count). The summed E-state index contributed by atoms with van der Waals surface area (Å²) < 4.78 is 0. The number of rotatable bonds is 11. The molecule has 0 fully saturated rings. The van der Waals surface area contributed by atoms with Crippen LogP contribution in [0.2, 0.25) is 0 Å². The molecule has 0 bridgehead atoms. The van der Waals surface area contributed by atoms with Gasteiger partial charge in [-0.3, -0.25) is 10.1 Å². The standard InChI is InChI=1S/C28H33N3O6/c1-6-8-14-28(15-9-7-2)25-16-21(27(30-37-20(5)33)18(3)29-36-19(4)32)10-12-23(25)24-13-11-22(31(34)35)17-26(24)28/h10-13,16-17H,6-9,14-15H2,1-5H3/b29-18+,30-27-. The SMILES string of the molecule is CCCCC1(CCCC)c2cc(C(=N\OC(C)=O)/C(C)=N/OC(C)=O)ccc2-c2ccc([N+](=O)[O-])cc21. The first-order valence-corrected chi connectivity index (χ1v) is 12.6. The van der Waals surface area contributed by atoms with Crippen molar-refractivity contribution in [2.24, 2.45) is 10.3 Å². The highest BCUT2D eigenvalue weighted by Gasteiger charge is 2.43. The number of hydrogen-bond acceptors (Lipinski definition) is 8. The van der Waals surface area contributed by atoms with Crippen LogP contribution in [-0.4, -0.2) is 28.3 Å². The first kappa shape index (κ1) is 27.7. The van der Waals surface area contributed by atoms with Crippen molar-refractivity contribution in [3.05, 3.63) is 63.2 Å². The van der Waals surface area contributed by atoms with Crippen LogP contribution in [0.3, 0.4) is 0 Å². The normalized spacial score (nSPS) is 14.1. The minimum Gasteiger partial charge on any atom is -0.318 e. The summed E-state index contributed by atoms with van der Waals surface area (Å²) in [6, 6.07) is 10.9. The van der Waals surface area contributed by atoms with E-state index in [1.54, 1.807) is 19.1 Å². The second-order valence-corrected chi connectivity index (χ2v) is 9.32. The molecule has 0 aliphatic heterocycles. The Hall–Kier alpha value is -3.88. The van der Waals surface area contributed by atoms with Crippen LogP contribution in [0.5, 0.6) is 0 Å². The molecule has 0 unspecified atom stereocenters. The van der Waals surface area contributed by atoms with Gasteiger partial charge in [-0.15, -0.1) is 0 Å². The molecular formula is C28H33N3O6. The Labute approximate surface area is 216 Å². The lowest BCUT2D eigenvalue weighted by molar-refractivity contribution is -0.384. The van der Waals surface area contributed by atoms with Crippen molar-refractivity contribution in [3.8, 4) is 11.1 Å². The molecule has 0 radical (unpaired) electrons. The van der Waals surface area contributed by atoms with Crippen LogP contribution >= 0.6 is 0 Å². The molecule has 2 aromatic rings. The maximum absolute atomic E-state index is 11.7. The van der Waals surface area contributed by atoms with Gasteiger partial charge in [0.2, 0.25) is 0 Å². The van der Waals surface area contributed by atoms with Crippen LogP contribution < -0.4 is 0 Å². The third-order valence-corrected chi connectivity index (χ3v) is 6.66. The smallest absolute Gasteiger partial charge is 0.318 e. The Bertz CT molecular complexity index is 1260.